The Hall–Kier alpha value is -1.31. The quantitative estimate of drug-likeness (QED) is 0.812. The molecule has 1 aromatic carbocycles. The van der Waals surface area contributed by atoms with E-state index in [0.29, 0.717) is 18.1 Å². The van der Waals surface area contributed by atoms with Crippen molar-refractivity contribution in [2.24, 2.45) is 0 Å². The molecule has 1 aliphatic heterocycles. The minimum atomic E-state index is -3.42. The Kier molecular flexibility index (Phi) is 3.98. The van der Waals surface area contributed by atoms with E-state index in [0.717, 1.165) is 0 Å². The van der Waals surface area contributed by atoms with Crippen molar-refractivity contribution in [2.45, 2.75) is 6.10 Å². The van der Waals surface area contributed by atoms with Gasteiger partial charge in [-0.15, -0.1) is 0 Å². The summed E-state index contributed by atoms with van der Waals surface area (Å²) >= 11 is 0. The van der Waals surface area contributed by atoms with E-state index in [2.05, 4.69) is 0 Å². The Balaban J connectivity index is 2.03. The average Bonchev–Trinajstić information content (AvgIpc) is 2.38. The monoisotopic (exact) mass is 286 g/mol. The predicted molar refractivity (Wildman–Crippen MR) is 71.6 cm³/mol. The number of rotatable bonds is 4. The van der Waals surface area contributed by atoms with E-state index in [1.165, 1.54) is 29.8 Å². The number of nitrogens with zero attached hydrogens (tertiary/aromatic N) is 2. The van der Waals surface area contributed by atoms with Gasteiger partial charge in [0.25, 0.3) is 10.2 Å². The van der Waals surface area contributed by atoms with Crippen LogP contribution in [0.5, 0.6) is 11.5 Å². The molecule has 1 aliphatic rings. The zero-order valence-electron chi connectivity index (χ0n) is 11.2. The van der Waals surface area contributed by atoms with E-state index in [1.807, 2.05) is 24.3 Å². The van der Waals surface area contributed by atoms with Crippen LogP contribution in [0.15, 0.2) is 24.3 Å². The summed E-state index contributed by atoms with van der Waals surface area (Å²) in [4.78, 5) is 0. The van der Waals surface area contributed by atoms with Crippen molar-refractivity contribution in [3.63, 3.8) is 0 Å². The van der Waals surface area contributed by atoms with Gasteiger partial charge in [0, 0.05) is 21.1 Å². The van der Waals surface area contributed by atoms with Gasteiger partial charge in [0.05, 0.1) is 6.54 Å². The van der Waals surface area contributed by atoms with Gasteiger partial charge >= 0.3 is 0 Å². The molecule has 0 aliphatic carbocycles. The maximum Gasteiger partial charge on any atom is 0.281 e. The van der Waals surface area contributed by atoms with Crippen molar-refractivity contribution < 1.29 is 17.9 Å². The first-order valence-corrected chi connectivity index (χ1v) is 7.33. The summed E-state index contributed by atoms with van der Waals surface area (Å²) in [5.41, 5.74) is 0. The molecule has 0 saturated carbocycles. The third-order valence-corrected chi connectivity index (χ3v) is 4.74. The molecule has 0 spiro atoms. The molecule has 6 nitrogen and oxygen atoms in total. The smallest absolute Gasteiger partial charge is 0.281 e. The van der Waals surface area contributed by atoms with Crippen molar-refractivity contribution in [1.82, 2.24) is 8.61 Å². The normalized spacial score (nSPS) is 18.9. The summed E-state index contributed by atoms with van der Waals surface area (Å²) in [7, 11) is 1.10. The van der Waals surface area contributed by atoms with Crippen LogP contribution in [0.1, 0.15) is 0 Å². The second-order valence-electron chi connectivity index (χ2n) is 4.57. The lowest BCUT2D eigenvalue weighted by Gasteiger charge is -2.30. The largest absolute Gasteiger partial charge is 0.486 e. The Labute approximate surface area is 113 Å². The number of hydrogen-bond acceptors (Lipinski definition) is 4. The number of para-hydroxylation sites is 2. The van der Waals surface area contributed by atoms with Gasteiger partial charge in [-0.3, -0.25) is 0 Å². The van der Waals surface area contributed by atoms with Crippen LogP contribution < -0.4 is 9.47 Å². The SMILES string of the molecule is CN(C)S(=O)(=O)N(C)CC1COc2ccccc2O1. The first-order chi connectivity index (χ1) is 8.91. The number of fused-ring (bicyclic) bond motifs is 1. The van der Waals surface area contributed by atoms with E-state index in [9.17, 15) is 8.42 Å². The molecule has 0 saturated heterocycles. The number of likely N-dealkylation sites (N-methyl/N-ethyl adjacent to an activating group) is 1. The number of benzene rings is 1. The highest BCUT2D eigenvalue weighted by molar-refractivity contribution is 7.86. The molecule has 19 heavy (non-hydrogen) atoms. The van der Waals surface area contributed by atoms with Crippen LogP contribution in [0.2, 0.25) is 0 Å². The minimum Gasteiger partial charge on any atom is -0.486 e. The Morgan fingerprint density at radius 2 is 1.84 bits per heavy atom. The molecule has 0 fully saturated rings. The van der Waals surface area contributed by atoms with Crippen molar-refractivity contribution >= 4 is 10.2 Å². The molecule has 1 atom stereocenters. The molecular formula is C12H18N2O4S. The van der Waals surface area contributed by atoms with Crippen LogP contribution in [-0.2, 0) is 10.2 Å². The number of hydrogen-bond donors (Lipinski definition) is 0. The second kappa shape index (κ2) is 5.36. The van der Waals surface area contributed by atoms with Crippen LogP contribution in [0, 0.1) is 0 Å². The van der Waals surface area contributed by atoms with Crippen molar-refractivity contribution in [1.29, 1.82) is 0 Å². The van der Waals surface area contributed by atoms with Crippen molar-refractivity contribution in [3.8, 4) is 11.5 Å². The first-order valence-electron chi connectivity index (χ1n) is 5.93. The lowest BCUT2D eigenvalue weighted by Crippen LogP contribution is -2.45. The second-order valence-corrected chi connectivity index (χ2v) is 6.82. The van der Waals surface area contributed by atoms with Crippen LogP contribution in [0.4, 0.5) is 0 Å². The summed E-state index contributed by atoms with van der Waals surface area (Å²) < 4.78 is 37.5. The van der Waals surface area contributed by atoms with E-state index < -0.39 is 10.2 Å². The molecule has 1 aromatic rings. The van der Waals surface area contributed by atoms with E-state index in [-0.39, 0.29) is 12.6 Å². The van der Waals surface area contributed by atoms with Gasteiger partial charge in [0.2, 0.25) is 0 Å². The maximum atomic E-state index is 11.9. The molecule has 106 valence electrons. The molecule has 0 N–H and O–H groups in total. The third-order valence-electron chi connectivity index (χ3n) is 2.88. The van der Waals surface area contributed by atoms with Gasteiger partial charge in [0.1, 0.15) is 12.7 Å². The first kappa shape index (κ1) is 14.1. The summed E-state index contributed by atoms with van der Waals surface area (Å²) in [6.07, 6.45) is -0.311. The highest BCUT2D eigenvalue weighted by atomic mass is 32.2. The van der Waals surface area contributed by atoms with Gasteiger partial charge in [-0.25, -0.2) is 0 Å². The minimum absolute atomic E-state index is 0.245. The summed E-state index contributed by atoms with van der Waals surface area (Å²) in [5, 5.41) is 0. The zero-order chi connectivity index (χ0) is 14.0. The number of ether oxygens (including phenoxy) is 2. The highest BCUT2D eigenvalue weighted by Gasteiger charge is 2.27. The molecule has 0 amide bonds. The fraction of sp³-hybridized carbons (Fsp3) is 0.500. The standard InChI is InChI=1S/C12H18N2O4S/c1-13(2)19(15,16)14(3)8-10-9-17-11-6-4-5-7-12(11)18-10/h4-7,10H,8-9H2,1-3H3. The van der Waals surface area contributed by atoms with Crippen LogP contribution in [0.25, 0.3) is 0 Å². The van der Waals surface area contributed by atoms with Gasteiger partial charge in [-0.2, -0.15) is 17.0 Å². The Morgan fingerprint density at radius 1 is 1.21 bits per heavy atom. The van der Waals surface area contributed by atoms with Gasteiger partial charge in [0.15, 0.2) is 11.5 Å². The lowest BCUT2D eigenvalue weighted by molar-refractivity contribution is 0.0791. The van der Waals surface area contributed by atoms with Gasteiger partial charge < -0.3 is 9.47 Å². The van der Waals surface area contributed by atoms with Crippen molar-refractivity contribution in [3.05, 3.63) is 24.3 Å². The molecule has 2 rings (SSSR count). The summed E-state index contributed by atoms with van der Waals surface area (Å²) in [6.45, 7) is 0.582. The third kappa shape index (κ3) is 2.99. The molecule has 1 unspecified atom stereocenters. The molecule has 7 heteroatoms. The van der Waals surface area contributed by atoms with Crippen LogP contribution in [-0.4, -0.2) is 57.4 Å². The van der Waals surface area contributed by atoms with Crippen molar-refractivity contribution in [2.75, 3.05) is 34.3 Å². The lowest BCUT2D eigenvalue weighted by atomic mass is 10.2. The Bertz CT molecular complexity index is 544. The van der Waals surface area contributed by atoms with E-state index in [4.69, 9.17) is 9.47 Å². The fourth-order valence-electron chi connectivity index (χ4n) is 1.81. The van der Waals surface area contributed by atoms with Crippen LogP contribution in [0.3, 0.4) is 0 Å². The van der Waals surface area contributed by atoms with Gasteiger partial charge in [-0.05, 0) is 12.1 Å². The topological polar surface area (TPSA) is 59.1 Å². The van der Waals surface area contributed by atoms with E-state index in [1.54, 1.807) is 0 Å². The molecule has 1 heterocycles. The maximum absolute atomic E-state index is 11.9. The zero-order valence-corrected chi connectivity index (χ0v) is 12.1. The highest BCUT2D eigenvalue weighted by Crippen LogP contribution is 2.31. The van der Waals surface area contributed by atoms with E-state index >= 15 is 0 Å². The molecular weight excluding hydrogens is 268 g/mol. The average molecular weight is 286 g/mol. The molecule has 0 radical (unpaired) electrons. The fourth-order valence-corrected chi connectivity index (χ4v) is 2.72. The van der Waals surface area contributed by atoms with Gasteiger partial charge in [-0.1, -0.05) is 12.1 Å². The van der Waals surface area contributed by atoms with Crippen LogP contribution >= 0.6 is 0 Å². The predicted octanol–water partition coefficient (Wildman–Crippen LogP) is 0.565. The summed E-state index contributed by atoms with van der Waals surface area (Å²) in [6, 6.07) is 7.35. The summed E-state index contributed by atoms with van der Waals surface area (Å²) in [5.74, 6) is 1.34. The molecule has 0 bridgehead atoms. The molecule has 0 aromatic heterocycles. The Morgan fingerprint density at radius 3 is 2.47 bits per heavy atom.